The number of rotatable bonds is 8. The van der Waals surface area contributed by atoms with Crippen LogP contribution >= 0.6 is 0 Å². The fourth-order valence-corrected chi connectivity index (χ4v) is 4.36. The summed E-state index contributed by atoms with van der Waals surface area (Å²) in [5, 5.41) is 4.24. The second kappa shape index (κ2) is 9.32. The van der Waals surface area contributed by atoms with Crippen molar-refractivity contribution in [2.24, 2.45) is 4.99 Å². The molecule has 1 amide bonds. The van der Waals surface area contributed by atoms with Gasteiger partial charge in [0.05, 0.1) is 12.3 Å². The number of ether oxygens (including phenoxy) is 3. The van der Waals surface area contributed by atoms with Crippen molar-refractivity contribution in [3.05, 3.63) is 84.0 Å². The first-order chi connectivity index (χ1) is 16.6. The fraction of sp³-hybridized carbons (Fsp3) is 0.308. The lowest BCUT2D eigenvalue weighted by molar-refractivity contribution is -0.191. The van der Waals surface area contributed by atoms with E-state index in [2.05, 4.69) is 15.1 Å². The van der Waals surface area contributed by atoms with Gasteiger partial charge in [0.25, 0.3) is 5.91 Å². The Bertz CT molecular complexity index is 1230. The van der Waals surface area contributed by atoms with Gasteiger partial charge in [0.15, 0.2) is 0 Å². The van der Waals surface area contributed by atoms with Gasteiger partial charge in [0, 0.05) is 17.2 Å². The highest BCUT2D eigenvalue weighted by Crippen LogP contribution is 2.37. The van der Waals surface area contributed by atoms with Crippen LogP contribution in [0, 0.1) is 6.92 Å². The summed E-state index contributed by atoms with van der Waals surface area (Å²) in [7, 11) is 0. The Morgan fingerprint density at radius 1 is 1.18 bits per heavy atom. The molecule has 5 rings (SSSR count). The molecule has 0 aliphatic carbocycles. The van der Waals surface area contributed by atoms with Crippen LogP contribution in [0.5, 0.6) is 5.75 Å². The number of hydrogen-bond donors (Lipinski definition) is 0. The predicted octanol–water partition coefficient (Wildman–Crippen LogP) is 3.71. The Labute approximate surface area is 197 Å². The zero-order chi connectivity index (χ0) is 23.5. The largest absolute Gasteiger partial charge is 0.491 e. The zero-order valence-corrected chi connectivity index (χ0v) is 19.2. The van der Waals surface area contributed by atoms with E-state index in [0.717, 1.165) is 33.7 Å². The molecule has 0 radical (unpaired) electrons. The van der Waals surface area contributed by atoms with E-state index in [1.807, 2.05) is 62.4 Å². The van der Waals surface area contributed by atoms with Crippen LogP contribution in [0.25, 0.3) is 5.57 Å². The van der Waals surface area contributed by atoms with Crippen molar-refractivity contribution >= 4 is 17.2 Å². The van der Waals surface area contributed by atoms with Crippen molar-refractivity contribution in [3.63, 3.8) is 0 Å². The summed E-state index contributed by atoms with van der Waals surface area (Å²) in [6.45, 7) is 5.16. The molecule has 34 heavy (non-hydrogen) atoms. The quantitative estimate of drug-likeness (QED) is 0.511. The molecule has 2 aliphatic rings. The first-order valence-corrected chi connectivity index (χ1v) is 11.3. The van der Waals surface area contributed by atoms with Crippen LogP contribution in [0.15, 0.2) is 72.3 Å². The summed E-state index contributed by atoms with van der Waals surface area (Å²) in [4.78, 5) is 19.8. The summed E-state index contributed by atoms with van der Waals surface area (Å²) in [6, 6.07) is 15.7. The van der Waals surface area contributed by atoms with Gasteiger partial charge in [0.1, 0.15) is 37.7 Å². The van der Waals surface area contributed by atoms with Gasteiger partial charge < -0.3 is 14.2 Å². The van der Waals surface area contributed by atoms with Crippen molar-refractivity contribution in [1.82, 2.24) is 14.8 Å². The molecule has 2 atom stereocenters. The van der Waals surface area contributed by atoms with Crippen LogP contribution in [0.1, 0.15) is 30.0 Å². The third kappa shape index (κ3) is 4.42. The van der Waals surface area contributed by atoms with Crippen LogP contribution in [0.2, 0.25) is 0 Å². The normalized spacial score (nSPS) is 22.1. The molecule has 2 aromatic carbocycles. The lowest BCUT2D eigenvalue weighted by Crippen LogP contribution is -2.35. The summed E-state index contributed by atoms with van der Waals surface area (Å²) in [5.74, 6) is -0.445. The van der Waals surface area contributed by atoms with E-state index in [-0.39, 0.29) is 12.0 Å². The van der Waals surface area contributed by atoms with Gasteiger partial charge in [-0.1, -0.05) is 43.3 Å². The number of benzene rings is 2. The molecule has 3 heterocycles. The number of carbonyl (C=O) groups excluding carboxylic acids is 1. The minimum absolute atomic E-state index is 0.200. The molecule has 2 aliphatic heterocycles. The number of carbonyl (C=O) groups is 1. The summed E-state index contributed by atoms with van der Waals surface area (Å²) in [6.07, 6.45) is 5.19. The molecule has 0 saturated carbocycles. The summed E-state index contributed by atoms with van der Waals surface area (Å²) < 4.78 is 20.5. The van der Waals surface area contributed by atoms with Gasteiger partial charge in [-0.3, -0.25) is 4.79 Å². The second-order valence-corrected chi connectivity index (χ2v) is 8.36. The van der Waals surface area contributed by atoms with Gasteiger partial charge in [-0.25, -0.2) is 14.7 Å². The Kier molecular flexibility index (Phi) is 6.08. The maximum Gasteiger partial charge on any atom is 0.270 e. The minimum atomic E-state index is -0.964. The maximum atomic E-state index is 11.7. The van der Waals surface area contributed by atoms with E-state index in [1.54, 1.807) is 17.1 Å². The van der Waals surface area contributed by atoms with Crippen molar-refractivity contribution in [1.29, 1.82) is 0 Å². The van der Waals surface area contributed by atoms with E-state index in [9.17, 15) is 4.79 Å². The third-order valence-electron chi connectivity index (χ3n) is 6.01. The molecule has 0 spiro atoms. The molecule has 3 aromatic rings. The van der Waals surface area contributed by atoms with Crippen LogP contribution in [0.3, 0.4) is 0 Å². The molecule has 1 fully saturated rings. The molecule has 0 N–H and O–H groups in total. The molecular weight excluding hydrogens is 432 g/mol. The fourth-order valence-electron chi connectivity index (χ4n) is 4.36. The maximum absolute atomic E-state index is 11.7. The van der Waals surface area contributed by atoms with E-state index in [0.29, 0.717) is 26.2 Å². The van der Waals surface area contributed by atoms with E-state index >= 15 is 0 Å². The Morgan fingerprint density at radius 2 is 2.00 bits per heavy atom. The average molecular weight is 459 g/mol. The highest BCUT2D eigenvalue weighted by Gasteiger charge is 2.45. The lowest BCUT2D eigenvalue weighted by atomic mass is 10.00. The number of aryl methyl sites for hydroxylation is 1. The van der Waals surface area contributed by atoms with Crippen molar-refractivity contribution < 1.29 is 19.0 Å². The van der Waals surface area contributed by atoms with E-state index < -0.39 is 5.79 Å². The monoisotopic (exact) mass is 458 g/mol. The molecule has 1 aromatic heterocycles. The van der Waals surface area contributed by atoms with Gasteiger partial charge in [0.2, 0.25) is 5.79 Å². The van der Waals surface area contributed by atoms with Crippen LogP contribution in [-0.2, 0) is 26.6 Å². The van der Waals surface area contributed by atoms with Gasteiger partial charge >= 0.3 is 0 Å². The molecule has 8 nitrogen and oxygen atoms in total. The van der Waals surface area contributed by atoms with Crippen LogP contribution in [0.4, 0.5) is 0 Å². The number of allylic oxidation sites excluding steroid dienone is 1. The topological polar surface area (TPSA) is 87.8 Å². The number of aliphatic imine (C=N–C) groups is 1. The summed E-state index contributed by atoms with van der Waals surface area (Å²) in [5.41, 5.74) is 4.68. The standard InChI is InChI=1S/C26H26N4O4/c1-3-24-22(12-25(31)29-24)19-8-10-20(11-9-19)32-13-21-14-33-26(34-21,15-30-17-27-16-28-30)23-7-5-4-6-18(23)2/h4-12,16-17,21H,3,13-15H2,1-2H3. The van der Waals surface area contributed by atoms with Crippen LogP contribution in [-0.4, -0.2) is 45.7 Å². The van der Waals surface area contributed by atoms with E-state index in [4.69, 9.17) is 14.2 Å². The minimum Gasteiger partial charge on any atom is -0.491 e. The zero-order valence-electron chi connectivity index (χ0n) is 19.2. The average Bonchev–Trinajstić information content (AvgIpc) is 3.59. The van der Waals surface area contributed by atoms with Crippen LogP contribution < -0.4 is 4.74 Å². The number of aromatic nitrogens is 3. The molecular formula is C26H26N4O4. The highest BCUT2D eigenvalue weighted by molar-refractivity contribution is 6.34. The third-order valence-corrected chi connectivity index (χ3v) is 6.01. The molecule has 1 saturated heterocycles. The number of amides is 1. The molecule has 8 heteroatoms. The van der Waals surface area contributed by atoms with Gasteiger partial charge in [-0.2, -0.15) is 5.10 Å². The SMILES string of the molecule is CCC1=NC(=O)C=C1c1ccc(OCC2COC(Cn3cncn3)(c3ccccc3C)O2)cc1. The highest BCUT2D eigenvalue weighted by atomic mass is 16.8. The smallest absolute Gasteiger partial charge is 0.270 e. The molecule has 0 bridgehead atoms. The second-order valence-electron chi connectivity index (χ2n) is 8.36. The first kappa shape index (κ1) is 22.2. The van der Waals surface area contributed by atoms with E-state index in [1.165, 1.54) is 6.33 Å². The first-order valence-electron chi connectivity index (χ1n) is 11.3. The summed E-state index contributed by atoms with van der Waals surface area (Å²) >= 11 is 0. The Hall–Kier alpha value is -3.62. The lowest BCUT2D eigenvalue weighted by Gasteiger charge is -2.29. The Morgan fingerprint density at radius 3 is 2.74 bits per heavy atom. The van der Waals surface area contributed by atoms with Crippen molar-refractivity contribution in [2.75, 3.05) is 13.2 Å². The predicted molar refractivity (Wildman–Crippen MR) is 126 cm³/mol. The number of hydrogen-bond acceptors (Lipinski definition) is 6. The van der Waals surface area contributed by atoms with Crippen molar-refractivity contribution in [2.45, 2.75) is 38.7 Å². The number of nitrogens with zero attached hydrogens (tertiary/aromatic N) is 4. The Balaban J connectivity index is 1.27. The van der Waals surface area contributed by atoms with Gasteiger partial charge in [-0.15, -0.1) is 0 Å². The van der Waals surface area contributed by atoms with Crippen molar-refractivity contribution in [3.8, 4) is 5.75 Å². The molecule has 174 valence electrons. The van der Waals surface area contributed by atoms with Gasteiger partial charge in [-0.05, 0) is 36.6 Å². The molecule has 2 unspecified atom stereocenters.